The molecule has 1 aliphatic heterocycles. The van der Waals surface area contributed by atoms with Crippen LogP contribution in [0.25, 0.3) is 17.1 Å². The lowest BCUT2D eigenvalue weighted by molar-refractivity contribution is 0.214. The lowest BCUT2D eigenvalue weighted by Crippen LogP contribution is -2.30. The van der Waals surface area contributed by atoms with Crippen LogP contribution >= 0.6 is 11.3 Å². The summed E-state index contributed by atoms with van der Waals surface area (Å²) in [6.45, 7) is 3.15. The molecule has 0 aliphatic carbocycles. The van der Waals surface area contributed by atoms with Crippen molar-refractivity contribution < 1.29 is 0 Å². The average Bonchev–Trinajstić information content (AvgIpc) is 3.17. The average molecular weight is 325 g/mol. The first-order valence-electron chi connectivity index (χ1n) is 8.05. The Labute approximate surface area is 139 Å². The summed E-state index contributed by atoms with van der Waals surface area (Å²) in [4.78, 5) is 3.31. The van der Waals surface area contributed by atoms with Gasteiger partial charge in [-0.1, -0.05) is 54.2 Å². The minimum Gasteiger partial charge on any atom is -0.296 e. The van der Waals surface area contributed by atoms with Crippen LogP contribution in [0.2, 0.25) is 0 Å². The molecule has 1 aromatic carbocycles. The Morgan fingerprint density at radius 1 is 1.00 bits per heavy atom. The van der Waals surface area contributed by atoms with Gasteiger partial charge < -0.3 is 0 Å². The smallest absolute Gasteiger partial charge is 0.235 e. The molecule has 0 atom stereocenters. The highest BCUT2D eigenvalue weighted by Gasteiger charge is 2.16. The van der Waals surface area contributed by atoms with Gasteiger partial charge in [-0.05, 0) is 37.6 Å². The molecule has 0 radical (unpaired) electrons. The fourth-order valence-electron chi connectivity index (χ4n) is 2.89. The summed E-state index contributed by atoms with van der Waals surface area (Å²) < 4.78 is 1.89. The van der Waals surface area contributed by atoms with Crippen LogP contribution in [0.1, 0.15) is 35.7 Å². The van der Waals surface area contributed by atoms with Gasteiger partial charge in [0.2, 0.25) is 4.96 Å². The number of hydrogen-bond donors (Lipinski definition) is 0. The molecule has 0 spiro atoms. The fraction of sp³-hybridized carbons (Fsp3) is 0.353. The van der Waals surface area contributed by atoms with E-state index in [2.05, 4.69) is 38.4 Å². The summed E-state index contributed by atoms with van der Waals surface area (Å²) in [5, 5.41) is 14.2. The van der Waals surface area contributed by atoms with Crippen LogP contribution in [-0.2, 0) is 6.54 Å². The van der Waals surface area contributed by atoms with Crippen molar-refractivity contribution in [2.24, 2.45) is 0 Å². The highest BCUT2D eigenvalue weighted by Crippen LogP contribution is 2.18. The third-order valence-corrected chi connectivity index (χ3v) is 4.97. The number of hydrogen-bond acceptors (Lipinski definition) is 5. The van der Waals surface area contributed by atoms with Crippen molar-refractivity contribution in [1.29, 1.82) is 0 Å². The summed E-state index contributed by atoms with van der Waals surface area (Å²) in [5.41, 5.74) is 1.17. The van der Waals surface area contributed by atoms with Gasteiger partial charge in [0.1, 0.15) is 5.01 Å². The third kappa shape index (κ3) is 3.33. The first kappa shape index (κ1) is 14.5. The van der Waals surface area contributed by atoms with Crippen molar-refractivity contribution in [3.63, 3.8) is 0 Å². The van der Waals surface area contributed by atoms with Gasteiger partial charge in [0.05, 0.1) is 6.54 Å². The van der Waals surface area contributed by atoms with Crippen molar-refractivity contribution in [2.45, 2.75) is 25.8 Å². The van der Waals surface area contributed by atoms with E-state index in [-0.39, 0.29) is 0 Å². The van der Waals surface area contributed by atoms with E-state index in [1.165, 1.54) is 24.8 Å². The molecular formula is C17H19N5S. The molecule has 3 aromatic rings. The van der Waals surface area contributed by atoms with E-state index in [1.54, 1.807) is 11.3 Å². The van der Waals surface area contributed by atoms with Crippen LogP contribution in [0, 0.1) is 0 Å². The van der Waals surface area contributed by atoms with Gasteiger partial charge in [-0.3, -0.25) is 4.90 Å². The zero-order chi connectivity index (χ0) is 15.5. The number of aromatic nitrogens is 4. The molecule has 5 nitrogen and oxygen atoms in total. The molecule has 6 heteroatoms. The molecule has 3 heterocycles. The second-order valence-electron chi connectivity index (χ2n) is 5.83. The molecule has 0 saturated carbocycles. The fourth-order valence-corrected chi connectivity index (χ4v) is 3.65. The highest BCUT2D eigenvalue weighted by atomic mass is 32.1. The monoisotopic (exact) mass is 325 g/mol. The van der Waals surface area contributed by atoms with Crippen molar-refractivity contribution in [1.82, 2.24) is 24.7 Å². The summed E-state index contributed by atoms with van der Waals surface area (Å²) in [6, 6.07) is 10.3. The van der Waals surface area contributed by atoms with Crippen LogP contribution in [-0.4, -0.2) is 37.8 Å². The second-order valence-corrected chi connectivity index (χ2v) is 6.82. The molecule has 1 saturated heterocycles. The highest BCUT2D eigenvalue weighted by molar-refractivity contribution is 7.17. The zero-order valence-electron chi connectivity index (χ0n) is 12.9. The molecule has 118 valence electrons. The van der Waals surface area contributed by atoms with Crippen molar-refractivity contribution >= 4 is 28.4 Å². The van der Waals surface area contributed by atoms with E-state index in [0.29, 0.717) is 0 Å². The molecule has 0 N–H and O–H groups in total. The van der Waals surface area contributed by atoms with E-state index in [0.717, 1.165) is 35.4 Å². The first-order chi connectivity index (χ1) is 11.4. The van der Waals surface area contributed by atoms with Gasteiger partial charge in [0.25, 0.3) is 0 Å². The molecule has 0 amide bonds. The van der Waals surface area contributed by atoms with Crippen LogP contribution in [0.3, 0.4) is 0 Å². The molecular weight excluding hydrogens is 306 g/mol. The van der Waals surface area contributed by atoms with Crippen molar-refractivity contribution in [3.8, 4) is 0 Å². The predicted molar refractivity (Wildman–Crippen MR) is 93.2 cm³/mol. The minimum atomic E-state index is 0.840. The van der Waals surface area contributed by atoms with E-state index in [9.17, 15) is 0 Å². The summed E-state index contributed by atoms with van der Waals surface area (Å²) in [7, 11) is 0. The maximum absolute atomic E-state index is 4.65. The molecule has 2 aromatic heterocycles. The van der Waals surface area contributed by atoms with E-state index in [1.807, 2.05) is 28.8 Å². The summed E-state index contributed by atoms with van der Waals surface area (Å²) >= 11 is 1.57. The van der Waals surface area contributed by atoms with Gasteiger partial charge in [-0.2, -0.15) is 9.61 Å². The molecule has 1 aliphatic rings. The Morgan fingerprint density at radius 3 is 2.65 bits per heavy atom. The quantitative estimate of drug-likeness (QED) is 0.738. The van der Waals surface area contributed by atoms with Crippen LogP contribution in [0.15, 0.2) is 30.3 Å². The lowest BCUT2D eigenvalue weighted by Gasteiger charge is -2.25. The minimum absolute atomic E-state index is 0.840. The lowest BCUT2D eigenvalue weighted by atomic mass is 10.1. The van der Waals surface area contributed by atoms with Gasteiger partial charge in [0, 0.05) is 0 Å². The van der Waals surface area contributed by atoms with Crippen LogP contribution in [0.4, 0.5) is 0 Å². The van der Waals surface area contributed by atoms with Crippen LogP contribution < -0.4 is 0 Å². The standard InChI is InChI=1S/C17H19N5S/c1-3-7-14(8-4-1)9-10-16-20-22-15(18-19-17(22)23-16)13-21-11-5-2-6-12-21/h1,3-4,7-10H,2,5-6,11-13H2/b10-9-. The molecule has 1 fully saturated rings. The Bertz CT molecular complexity index is 799. The third-order valence-electron chi connectivity index (χ3n) is 4.10. The predicted octanol–water partition coefficient (Wildman–Crippen LogP) is 3.34. The Hall–Kier alpha value is -2.05. The van der Waals surface area contributed by atoms with Crippen LogP contribution in [0.5, 0.6) is 0 Å². The van der Waals surface area contributed by atoms with E-state index in [4.69, 9.17) is 0 Å². The van der Waals surface area contributed by atoms with Crippen molar-refractivity contribution in [3.05, 3.63) is 46.7 Å². The molecule has 0 bridgehead atoms. The number of piperidine rings is 1. The van der Waals surface area contributed by atoms with E-state index < -0.39 is 0 Å². The number of benzene rings is 1. The maximum Gasteiger partial charge on any atom is 0.235 e. The number of fused-ring (bicyclic) bond motifs is 1. The molecule has 0 unspecified atom stereocenters. The van der Waals surface area contributed by atoms with Gasteiger partial charge in [-0.25, -0.2) is 0 Å². The van der Waals surface area contributed by atoms with Crippen molar-refractivity contribution in [2.75, 3.05) is 13.1 Å². The summed E-state index contributed by atoms with van der Waals surface area (Å²) in [5.74, 6) is 0.942. The normalized spacial score (nSPS) is 16.5. The van der Waals surface area contributed by atoms with Gasteiger partial charge >= 0.3 is 0 Å². The van der Waals surface area contributed by atoms with Gasteiger partial charge in [-0.15, -0.1) is 10.2 Å². The van der Waals surface area contributed by atoms with Gasteiger partial charge in [0.15, 0.2) is 5.82 Å². The molecule has 23 heavy (non-hydrogen) atoms. The topological polar surface area (TPSA) is 46.3 Å². The Balaban J connectivity index is 1.53. The number of likely N-dealkylation sites (tertiary alicyclic amines) is 1. The second kappa shape index (κ2) is 6.60. The Morgan fingerprint density at radius 2 is 1.83 bits per heavy atom. The largest absolute Gasteiger partial charge is 0.296 e. The Kier molecular flexibility index (Phi) is 4.17. The SMILES string of the molecule is C(=C/c1nn2c(CN3CCCCC3)nnc2s1)/c1ccccc1. The summed E-state index contributed by atoms with van der Waals surface area (Å²) in [6.07, 6.45) is 8.03. The first-order valence-corrected chi connectivity index (χ1v) is 8.87. The molecule has 4 rings (SSSR count). The zero-order valence-corrected chi connectivity index (χ0v) is 13.7. The maximum atomic E-state index is 4.65. The number of rotatable bonds is 4. The number of nitrogens with zero attached hydrogens (tertiary/aromatic N) is 5. The van der Waals surface area contributed by atoms with E-state index >= 15 is 0 Å².